The summed E-state index contributed by atoms with van der Waals surface area (Å²) < 4.78 is 0. The predicted molar refractivity (Wildman–Crippen MR) is 67.0 cm³/mol. The first-order valence-electron chi connectivity index (χ1n) is 4.91. The Morgan fingerprint density at radius 2 is 2.00 bits per heavy atom. The maximum Gasteiger partial charge on any atom is 0.295 e. The van der Waals surface area contributed by atoms with Crippen LogP contribution in [-0.2, 0) is 0 Å². The van der Waals surface area contributed by atoms with Crippen LogP contribution in [0.1, 0.15) is 20.8 Å². The van der Waals surface area contributed by atoms with Gasteiger partial charge in [0.1, 0.15) is 5.70 Å². The summed E-state index contributed by atoms with van der Waals surface area (Å²) in [6.45, 7) is 8.84. The first-order valence-corrected chi connectivity index (χ1v) is 4.91. The molecule has 0 atom stereocenters. The van der Waals surface area contributed by atoms with Crippen molar-refractivity contribution < 1.29 is 4.92 Å². The summed E-state index contributed by atoms with van der Waals surface area (Å²) in [5.41, 5.74) is 0.930. The Hall–Kier alpha value is -1.97. The SMILES string of the molecule is C=CC(=C/C)/C(N=CC)=C(\C=C/C)[N+](=O)[O-]. The van der Waals surface area contributed by atoms with E-state index in [1.54, 1.807) is 39.0 Å². The standard InChI is InChI=1S/C12H16N2O2/c1-5-9-11(14(15)16)12(13-8-4)10(6-2)7-3/h5-9H,2H2,1,3-4H3/b9-5-,10-7-,12-11-,13-8?. The minimum absolute atomic E-state index is 0.0337. The van der Waals surface area contributed by atoms with Crippen molar-refractivity contribution in [1.29, 1.82) is 0 Å². The molecule has 0 fully saturated rings. The number of aliphatic imine (C=N–C) groups is 1. The summed E-state index contributed by atoms with van der Waals surface area (Å²) in [7, 11) is 0. The van der Waals surface area contributed by atoms with Gasteiger partial charge in [-0.3, -0.25) is 15.1 Å². The molecule has 0 radical (unpaired) electrons. The fourth-order valence-corrected chi connectivity index (χ4v) is 1.15. The van der Waals surface area contributed by atoms with Crippen molar-refractivity contribution in [2.75, 3.05) is 0 Å². The molecule has 0 amide bonds. The minimum Gasteiger partial charge on any atom is -0.258 e. The molecule has 0 aliphatic rings. The van der Waals surface area contributed by atoms with E-state index in [1.807, 2.05) is 0 Å². The van der Waals surface area contributed by atoms with Crippen LogP contribution >= 0.6 is 0 Å². The molecule has 0 aliphatic heterocycles. The van der Waals surface area contributed by atoms with E-state index in [9.17, 15) is 10.1 Å². The molecule has 0 saturated carbocycles. The van der Waals surface area contributed by atoms with Crippen molar-refractivity contribution >= 4 is 6.21 Å². The van der Waals surface area contributed by atoms with E-state index < -0.39 is 4.92 Å². The highest BCUT2D eigenvalue weighted by Crippen LogP contribution is 2.19. The lowest BCUT2D eigenvalue weighted by Gasteiger charge is -2.02. The van der Waals surface area contributed by atoms with Crippen molar-refractivity contribution in [3.8, 4) is 0 Å². The van der Waals surface area contributed by atoms with Gasteiger partial charge >= 0.3 is 0 Å². The van der Waals surface area contributed by atoms with Crippen LogP contribution in [0, 0.1) is 10.1 Å². The van der Waals surface area contributed by atoms with Crippen LogP contribution in [0.5, 0.6) is 0 Å². The Morgan fingerprint density at radius 3 is 2.31 bits per heavy atom. The summed E-state index contributed by atoms with van der Waals surface area (Å²) in [4.78, 5) is 14.5. The van der Waals surface area contributed by atoms with Crippen molar-refractivity contribution in [2.24, 2.45) is 4.99 Å². The average molecular weight is 220 g/mol. The molecular formula is C12H16N2O2. The van der Waals surface area contributed by atoms with Crippen LogP contribution in [0.25, 0.3) is 0 Å². The normalized spacial score (nSPS) is 14.3. The van der Waals surface area contributed by atoms with Crippen LogP contribution in [-0.4, -0.2) is 11.1 Å². The highest BCUT2D eigenvalue weighted by atomic mass is 16.6. The molecule has 0 saturated heterocycles. The van der Waals surface area contributed by atoms with Gasteiger partial charge in [0.15, 0.2) is 0 Å². The number of rotatable bonds is 5. The second kappa shape index (κ2) is 7.34. The molecule has 16 heavy (non-hydrogen) atoms. The van der Waals surface area contributed by atoms with Gasteiger partial charge in [0.2, 0.25) is 0 Å². The molecule has 0 N–H and O–H groups in total. The van der Waals surface area contributed by atoms with Crippen LogP contribution in [0.2, 0.25) is 0 Å². The van der Waals surface area contributed by atoms with E-state index >= 15 is 0 Å². The quantitative estimate of drug-likeness (QED) is 0.309. The van der Waals surface area contributed by atoms with Gasteiger partial charge in [-0.2, -0.15) is 0 Å². The number of nitro groups is 1. The topological polar surface area (TPSA) is 55.5 Å². The molecule has 0 spiro atoms. The lowest BCUT2D eigenvalue weighted by Crippen LogP contribution is -2.01. The average Bonchev–Trinajstić information content (AvgIpc) is 2.26. The molecule has 0 aromatic rings. The molecule has 0 unspecified atom stereocenters. The van der Waals surface area contributed by atoms with Crippen LogP contribution in [0.4, 0.5) is 0 Å². The zero-order valence-corrected chi connectivity index (χ0v) is 9.80. The Balaban J connectivity index is 5.85. The van der Waals surface area contributed by atoms with Crippen molar-refractivity contribution in [3.05, 3.63) is 58.0 Å². The summed E-state index contributed by atoms with van der Waals surface area (Å²) in [6.07, 6.45) is 7.85. The monoisotopic (exact) mass is 220 g/mol. The van der Waals surface area contributed by atoms with Crippen molar-refractivity contribution in [1.82, 2.24) is 0 Å². The maximum atomic E-state index is 10.9. The Morgan fingerprint density at radius 1 is 1.38 bits per heavy atom. The number of nitrogens with zero attached hydrogens (tertiary/aromatic N) is 2. The third kappa shape index (κ3) is 3.65. The number of allylic oxidation sites excluding steroid dienone is 4. The fourth-order valence-electron chi connectivity index (χ4n) is 1.15. The van der Waals surface area contributed by atoms with E-state index in [4.69, 9.17) is 0 Å². The summed E-state index contributed by atoms with van der Waals surface area (Å²) in [5, 5.41) is 10.9. The highest BCUT2D eigenvalue weighted by Gasteiger charge is 2.16. The lowest BCUT2D eigenvalue weighted by atomic mass is 10.1. The first-order chi connectivity index (χ1) is 7.62. The molecule has 0 rings (SSSR count). The molecule has 0 aliphatic carbocycles. The Kier molecular flexibility index (Phi) is 6.43. The first kappa shape index (κ1) is 14.0. The minimum atomic E-state index is -0.449. The molecule has 0 aromatic heterocycles. The third-order valence-electron chi connectivity index (χ3n) is 1.83. The van der Waals surface area contributed by atoms with Gasteiger partial charge in [-0.05, 0) is 20.8 Å². The van der Waals surface area contributed by atoms with Crippen LogP contribution in [0.15, 0.2) is 52.8 Å². The van der Waals surface area contributed by atoms with Gasteiger partial charge in [-0.15, -0.1) is 0 Å². The Labute approximate surface area is 95.5 Å². The summed E-state index contributed by atoms with van der Waals surface area (Å²) >= 11 is 0. The van der Waals surface area contributed by atoms with Crippen molar-refractivity contribution in [3.63, 3.8) is 0 Å². The van der Waals surface area contributed by atoms with E-state index in [0.717, 1.165) is 0 Å². The van der Waals surface area contributed by atoms with Crippen molar-refractivity contribution in [2.45, 2.75) is 20.8 Å². The summed E-state index contributed by atoms with van der Waals surface area (Å²) in [6, 6.07) is 0. The zero-order valence-electron chi connectivity index (χ0n) is 9.80. The van der Waals surface area contributed by atoms with Gasteiger partial charge in [-0.1, -0.05) is 24.8 Å². The van der Waals surface area contributed by atoms with Crippen LogP contribution < -0.4 is 0 Å². The van der Waals surface area contributed by atoms with Gasteiger partial charge in [0.25, 0.3) is 5.70 Å². The fraction of sp³-hybridized carbons (Fsp3) is 0.250. The lowest BCUT2D eigenvalue weighted by molar-refractivity contribution is -0.420. The van der Waals surface area contributed by atoms with Gasteiger partial charge in [0, 0.05) is 17.9 Å². The van der Waals surface area contributed by atoms with Crippen LogP contribution in [0.3, 0.4) is 0 Å². The molecule has 4 nitrogen and oxygen atoms in total. The maximum absolute atomic E-state index is 10.9. The molecule has 86 valence electrons. The molecule has 0 aromatic carbocycles. The molecule has 4 heteroatoms. The highest BCUT2D eigenvalue weighted by molar-refractivity contribution is 5.59. The smallest absolute Gasteiger partial charge is 0.258 e. The van der Waals surface area contributed by atoms with E-state index in [-0.39, 0.29) is 5.70 Å². The second-order valence-electron chi connectivity index (χ2n) is 2.83. The molecule has 0 bridgehead atoms. The van der Waals surface area contributed by atoms with E-state index in [1.165, 1.54) is 12.3 Å². The summed E-state index contributed by atoms with van der Waals surface area (Å²) in [5.74, 6) is 0. The third-order valence-corrected chi connectivity index (χ3v) is 1.83. The van der Waals surface area contributed by atoms with E-state index in [2.05, 4.69) is 11.6 Å². The Bertz CT molecular complexity index is 388. The molecule has 0 heterocycles. The van der Waals surface area contributed by atoms with E-state index in [0.29, 0.717) is 11.3 Å². The largest absolute Gasteiger partial charge is 0.295 e. The zero-order chi connectivity index (χ0) is 12.6. The number of hydrogen-bond donors (Lipinski definition) is 0. The van der Waals surface area contributed by atoms with Gasteiger partial charge in [-0.25, -0.2) is 0 Å². The molecular weight excluding hydrogens is 204 g/mol. The van der Waals surface area contributed by atoms with Gasteiger partial charge < -0.3 is 0 Å². The second-order valence-corrected chi connectivity index (χ2v) is 2.83. The predicted octanol–water partition coefficient (Wildman–Crippen LogP) is 3.27. The number of hydrogen-bond acceptors (Lipinski definition) is 3. The van der Waals surface area contributed by atoms with Gasteiger partial charge in [0.05, 0.1) is 4.92 Å².